The normalized spacial score (nSPS) is 11.0. The van der Waals surface area contributed by atoms with Crippen molar-refractivity contribution in [2.24, 2.45) is 0 Å². The van der Waals surface area contributed by atoms with Crippen molar-refractivity contribution in [1.29, 1.82) is 0 Å². The predicted molar refractivity (Wildman–Crippen MR) is 152 cm³/mol. The molecule has 1 aromatic heterocycles. The Balaban J connectivity index is 0.0000116. The molecule has 0 aromatic carbocycles. The Morgan fingerprint density at radius 2 is 0.829 bits per heavy atom. The topological polar surface area (TPSA) is 3.88 Å². The van der Waals surface area contributed by atoms with Crippen LogP contribution in [-0.4, -0.2) is 0 Å². The van der Waals surface area contributed by atoms with Gasteiger partial charge in [0, 0.05) is 25.0 Å². The lowest BCUT2D eigenvalue weighted by Crippen LogP contribution is -3.00. The lowest BCUT2D eigenvalue weighted by atomic mass is 10.0. The minimum atomic E-state index is 0. The molecule has 2 heteroatoms. The zero-order valence-electron chi connectivity index (χ0n) is 24.0. The Labute approximate surface area is 227 Å². The number of rotatable bonds is 26. The molecule has 0 radical (unpaired) electrons. The summed E-state index contributed by atoms with van der Waals surface area (Å²) in [5.74, 6) is 0. The number of halogens is 1. The van der Waals surface area contributed by atoms with Gasteiger partial charge in [-0.1, -0.05) is 155 Å². The Bertz CT molecular complexity index is 530. The van der Waals surface area contributed by atoms with Crippen LogP contribution in [0.5, 0.6) is 0 Å². The SMILES string of the molecule is CCCCCCCCCCCCCCCC[n+]1ccccc1CCCCCCCCCCCC.[Cl-]. The van der Waals surface area contributed by atoms with E-state index in [9.17, 15) is 0 Å². The first kappa shape index (κ1) is 34.4. The fourth-order valence-corrected chi connectivity index (χ4v) is 5.23. The van der Waals surface area contributed by atoms with Gasteiger partial charge in [0.25, 0.3) is 0 Å². The molecule has 0 amide bonds. The first-order valence-electron chi connectivity index (χ1n) is 15.9. The van der Waals surface area contributed by atoms with Gasteiger partial charge in [0.2, 0.25) is 0 Å². The Kier molecular flexibility index (Phi) is 27.6. The molecule has 0 saturated carbocycles. The second kappa shape index (κ2) is 28.0. The summed E-state index contributed by atoms with van der Waals surface area (Å²) < 4.78 is 2.54. The van der Waals surface area contributed by atoms with E-state index in [1.807, 2.05) is 0 Å². The largest absolute Gasteiger partial charge is 1.00 e. The molecule has 0 bridgehead atoms. The number of unbranched alkanes of at least 4 members (excludes halogenated alkanes) is 22. The van der Waals surface area contributed by atoms with E-state index in [0.717, 1.165) is 0 Å². The quantitative estimate of drug-likeness (QED) is 0.0884. The molecule has 0 N–H and O–H groups in total. The van der Waals surface area contributed by atoms with E-state index in [-0.39, 0.29) is 12.4 Å². The number of hydrogen-bond acceptors (Lipinski definition) is 0. The number of hydrogen-bond donors (Lipinski definition) is 0. The number of nitrogens with zero attached hydrogens (tertiary/aromatic N) is 1. The van der Waals surface area contributed by atoms with Crippen LogP contribution in [0.15, 0.2) is 24.4 Å². The van der Waals surface area contributed by atoms with Gasteiger partial charge in [-0.3, -0.25) is 0 Å². The maximum atomic E-state index is 2.54. The Hall–Kier alpha value is -0.560. The maximum Gasteiger partial charge on any atom is 0.181 e. The summed E-state index contributed by atoms with van der Waals surface area (Å²) >= 11 is 0. The molecule has 0 aliphatic heterocycles. The molecule has 0 fully saturated rings. The molecule has 0 spiro atoms. The van der Waals surface area contributed by atoms with Gasteiger partial charge in [0.15, 0.2) is 11.9 Å². The van der Waals surface area contributed by atoms with Crippen molar-refractivity contribution in [1.82, 2.24) is 0 Å². The molecule has 206 valence electrons. The van der Waals surface area contributed by atoms with Crippen molar-refractivity contribution in [3.63, 3.8) is 0 Å². The van der Waals surface area contributed by atoms with Crippen LogP contribution in [0.4, 0.5) is 0 Å². The van der Waals surface area contributed by atoms with Gasteiger partial charge in [0.1, 0.15) is 6.54 Å². The predicted octanol–water partition coefficient (Wildman–Crippen LogP) is 7.92. The fraction of sp³-hybridized carbons (Fsp3) is 0.848. The third-order valence-corrected chi connectivity index (χ3v) is 7.57. The molecule has 35 heavy (non-hydrogen) atoms. The molecular formula is C33H62ClN. The van der Waals surface area contributed by atoms with E-state index < -0.39 is 0 Å². The minimum Gasteiger partial charge on any atom is -1.00 e. The minimum absolute atomic E-state index is 0. The summed E-state index contributed by atoms with van der Waals surface area (Å²) in [6.07, 6.45) is 38.0. The molecule has 0 aliphatic carbocycles. The van der Waals surface area contributed by atoms with Gasteiger partial charge >= 0.3 is 0 Å². The van der Waals surface area contributed by atoms with Crippen LogP contribution in [0.2, 0.25) is 0 Å². The summed E-state index contributed by atoms with van der Waals surface area (Å²) in [6.45, 7) is 5.82. The van der Waals surface area contributed by atoms with Crippen LogP contribution in [0.3, 0.4) is 0 Å². The smallest absolute Gasteiger partial charge is 0.181 e. The van der Waals surface area contributed by atoms with Crippen molar-refractivity contribution in [3.05, 3.63) is 30.1 Å². The third-order valence-electron chi connectivity index (χ3n) is 7.57. The van der Waals surface area contributed by atoms with Gasteiger partial charge in [-0.15, -0.1) is 0 Å². The van der Waals surface area contributed by atoms with Gasteiger partial charge in [0.05, 0.1) is 0 Å². The maximum absolute atomic E-state index is 2.54. The number of aromatic nitrogens is 1. The van der Waals surface area contributed by atoms with E-state index in [0.29, 0.717) is 0 Å². The summed E-state index contributed by atoms with van der Waals surface area (Å²) in [6, 6.07) is 6.80. The van der Waals surface area contributed by atoms with E-state index >= 15 is 0 Å². The van der Waals surface area contributed by atoms with Crippen molar-refractivity contribution < 1.29 is 17.0 Å². The van der Waals surface area contributed by atoms with Crippen LogP contribution in [0, 0.1) is 0 Å². The lowest BCUT2D eigenvalue weighted by molar-refractivity contribution is -0.704. The van der Waals surface area contributed by atoms with E-state index in [1.54, 1.807) is 5.69 Å². The average Bonchev–Trinajstić information content (AvgIpc) is 2.86. The van der Waals surface area contributed by atoms with Gasteiger partial charge in [-0.25, -0.2) is 4.57 Å². The van der Waals surface area contributed by atoms with Crippen molar-refractivity contribution in [2.75, 3.05) is 0 Å². The molecule has 1 rings (SSSR count). The number of pyridine rings is 1. The van der Waals surface area contributed by atoms with Crippen LogP contribution in [0.1, 0.15) is 174 Å². The summed E-state index contributed by atoms with van der Waals surface area (Å²) in [7, 11) is 0. The van der Waals surface area contributed by atoms with Gasteiger partial charge in [-0.2, -0.15) is 0 Å². The van der Waals surface area contributed by atoms with E-state index in [2.05, 4.69) is 42.8 Å². The molecule has 1 aromatic rings. The molecule has 0 saturated heterocycles. The van der Waals surface area contributed by atoms with E-state index in [1.165, 1.54) is 167 Å². The zero-order valence-corrected chi connectivity index (χ0v) is 24.8. The highest BCUT2D eigenvalue weighted by Crippen LogP contribution is 2.14. The molecule has 1 nitrogen and oxygen atoms in total. The summed E-state index contributed by atoms with van der Waals surface area (Å²) in [5.41, 5.74) is 1.55. The third kappa shape index (κ3) is 22.4. The molecule has 0 aliphatic rings. The average molecular weight is 508 g/mol. The molecule has 1 heterocycles. The fourth-order valence-electron chi connectivity index (χ4n) is 5.23. The standard InChI is InChI=1S/C33H62N.ClH/c1-3-5-7-9-11-13-15-16-17-18-20-22-24-27-31-34-32-28-26-30-33(34)29-25-23-21-19-14-12-10-8-6-4-2;/h26,28,30,32H,3-25,27,29,31H2,1-2H3;1H/q+1;/p-1. The molecule has 0 atom stereocenters. The first-order chi connectivity index (χ1) is 16.9. The highest BCUT2D eigenvalue weighted by atomic mass is 35.5. The van der Waals surface area contributed by atoms with Crippen LogP contribution >= 0.6 is 0 Å². The highest BCUT2D eigenvalue weighted by Gasteiger charge is 2.08. The Morgan fingerprint density at radius 3 is 1.26 bits per heavy atom. The van der Waals surface area contributed by atoms with Crippen LogP contribution < -0.4 is 17.0 Å². The van der Waals surface area contributed by atoms with Crippen molar-refractivity contribution in [2.45, 2.75) is 181 Å². The van der Waals surface area contributed by atoms with Crippen LogP contribution in [-0.2, 0) is 13.0 Å². The lowest BCUT2D eigenvalue weighted by Gasteiger charge is -2.05. The molecular weight excluding hydrogens is 446 g/mol. The second-order valence-corrected chi connectivity index (χ2v) is 10.9. The zero-order chi connectivity index (χ0) is 24.4. The van der Waals surface area contributed by atoms with Crippen LogP contribution in [0.25, 0.3) is 0 Å². The monoisotopic (exact) mass is 507 g/mol. The summed E-state index contributed by atoms with van der Waals surface area (Å²) in [5, 5.41) is 0. The Morgan fingerprint density at radius 1 is 0.457 bits per heavy atom. The van der Waals surface area contributed by atoms with Crippen molar-refractivity contribution >= 4 is 0 Å². The second-order valence-electron chi connectivity index (χ2n) is 10.9. The van der Waals surface area contributed by atoms with Gasteiger partial charge < -0.3 is 12.4 Å². The van der Waals surface area contributed by atoms with Crippen molar-refractivity contribution in [3.8, 4) is 0 Å². The first-order valence-corrected chi connectivity index (χ1v) is 15.9. The molecule has 0 unspecified atom stereocenters. The van der Waals surface area contributed by atoms with Gasteiger partial charge in [-0.05, 0) is 12.8 Å². The highest BCUT2D eigenvalue weighted by molar-refractivity contribution is 4.97. The summed E-state index contributed by atoms with van der Waals surface area (Å²) in [4.78, 5) is 0. The van der Waals surface area contributed by atoms with E-state index in [4.69, 9.17) is 0 Å². The number of aryl methyl sites for hydroxylation is 2.